The Morgan fingerprint density at radius 3 is 2.32 bits per heavy atom. The summed E-state index contributed by atoms with van der Waals surface area (Å²) in [5.41, 5.74) is 2.20. The second kappa shape index (κ2) is 7.36. The molecular formula is C15H20N2O2. The first-order valence-electron chi connectivity index (χ1n) is 6.37. The smallest absolute Gasteiger partial charge is 0.251 e. The fourth-order valence-corrected chi connectivity index (χ4v) is 1.49. The van der Waals surface area contributed by atoms with Crippen LogP contribution in [-0.2, 0) is 4.79 Å². The molecule has 0 radical (unpaired) electrons. The summed E-state index contributed by atoms with van der Waals surface area (Å²) in [5.74, 6) is -0.257. The molecule has 0 aliphatic carbocycles. The summed E-state index contributed by atoms with van der Waals surface area (Å²) < 4.78 is 0. The van der Waals surface area contributed by atoms with Crippen LogP contribution in [0, 0.1) is 0 Å². The average Bonchev–Trinajstić information content (AvgIpc) is 2.35. The second-order valence-corrected chi connectivity index (χ2v) is 4.54. The van der Waals surface area contributed by atoms with Crippen molar-refractivity contribution in [3.8, 4) is 0 Å². The quantitative estimate of drug-likeness (QED) is 0.800. The standard InChI is InChI=1S/C15H20N2O2/c1-4-9-16-15(19)12-5-7-13(8-6-12)17-14(18)10-11(2)3/h5-8,10H,4,9H2,1-3H3,(H,16,19)(H,17,18). The molecule has 0 aliphatic heterocycles. The number of anilines is 1. The topological polar surface area (TPSA) is 58.2 Å². The molecule has 0 spiro atoms. The van der Waals surface area contributed by atoms with Crippen LogP contribution in [0.2, 0.25) is 0 Å². The summed E-state index contributed by atoms with van der Waals surface area (Å²) in [6, 6.07) is 6.83. The summed E-state index contributed by atoms with van der Waals surface area (Å²) in [5, 5.41) is 5.53. The first-order valence-corrected chi connectivity index (χ1v) is 6.37. The van der Waals surface area contributed by atoms with Crippen LogP contribution in [-0.4, -0.2) is 18.4 Å². The van der Waals surface area contributed by atoms with Crippen LogP contribution in [0.1, 0.15) is 37.6 Å². The highest BCUT2D eigenvalue weighted by Crippen LogP contribution is 2.10. The van der Waals surface area contributed by atoms with Gasteiger partial charge in [0.1, 0.15) is 0 Å². The Balaban J connectivity index is 2.64. The monoisotopic (exact) mass is 260 g/mol. The van der Waals surface area contributed by atoms with Crippen molar-refractivity contribution < 1.29 is 9.59 Å². The predicted octanol–water partition coefficient (Wildman–Crippen LogP) is 2.73. The molecule has 4 heteroatoms. The summed E-state index contributed by atoms with van der Waals surface area (Å²) in [6.07, 6.45) is 2.43. The predicted molar refractivity (Wildman–Crippen MR) is 77.1 cm³/mol. The van der Waals surface area contributed by atoms with Gasteiger partial charge in [0.15, 0.2) is 0 Å². The van der Waals surface area contributed by atoms with Crippen molar-refractivity contribution in [1.82, 2.24) is 5.32 Å². The molecule has 102 valence electrons. The van der Waals surface area contributed by atoms with Crippen LogP contribution in [0.3, 0.4) is 0 Å². The highest BCUT2D eigenvalue weighted by Gasteiger charge is 2.04. The number of carbonyl (C=O) groups is 2. The number of carbonyl (C=O) groups excluding carboxylic acids is 2. The van der Waals surface area contributed by atoms with Crippen molar-refractivity contribution in [2.45, 2.75) is 27.2 Å². The molecule has 0 bridgehead atoms. The van der Waals surface area contributed by atoms with Gasteiger partial charge in [-0.1, -0.05) is 12.5 Å². The Hall–Kier alpha value is -2.10. The van der Waals surface area contributed by atoms with Crippen molar-refractivity contribution in [3.63, 3.8) is 0 Å². The third-order valence-electron chi connectivity index (χ3n) is 2.37. The molecule has 4 nitrogen and oxygen atoms in total. The third kappa shape index (κ3) is 5.38. The van der Waals surface area contributed by atoms with Gasteiger partial charge in [-0.25, -0.2) is 0 Å². The van der Waals surface area contributed by atoms with E-state index in [1.807, 2.05) is 20.8 Å². The summed E-state index contributed by atoms with van der Waals surface area (Å²) in [6.45, 7) is 6.39. The van der Waals surface area contributed by atoms with Crippen LogP contribution in [0.15, 0.2) is 35.9 Å². The number of hydrogen-bond acceptors (Lipinski definition) is 2. The van der Waals surface area contributed by atoms with Gasteiger partial charge in [0.2, 0.25) is 5.91 Å². The van der Waals surface area contributed by atoms with Gasteiger partial charge >= 0.3 is 0 Å². The minimum absolute atomic E-state index is 0.0935. The lowest BCUT2D eigenvalue weighted by molar-refractivity contribution is -0.111. The molecule has 0 saturated carbocycles. The Kier molecular flexibility index (Phi) is 5.79. The number of benzene rings is 1. The number of hydrogen-bond donors (Lipinski definition) is 2. The zero-order valence-electron chi connectivity index (χ0n) is 11.6. The molecule has 1 aromatic rings. The molecule has 2 amide bonds. The molecule has 0 atom stereocenters. The number of amides is 2. The van der Waals surface area contributed by atoms with Crippen molar-refractivity contribution in [3.05, 3.63) is 41.5 Å². The molecule has 19 heavy (non-hydrogen) atoms. The summed E-state index contributed by atoms with van der Waals surface area (Å²) in [4.78, 5) is 23.2. The van der Waals surface area contributed by atoms with Crippen LogP contribution in [0.25, 0.3) is 0 Å². The van der Waals surface area contributed by atoms with E-state index in [0.717, 1.165) is 12.0 Å². The molecule has 1 aromatic carbocycles. The van der Waals surface area contributed by atoms with Crippen LogP contribution < -0.4 is 10.6 Å². The first kappa shape index (κ1) is 15.0. The van der Waals surface area contributed by atoms with Crippen molar-refractivity contribution in [1.29, 1.82) is 0 Å². The average molecular weight is 260 g/mol. The van der Waals surface area contributed by atoms with E-state index < -0.39 is 0 Å². The molecule has 0 aliphatic rings. The molecule has 0 saturated heterocycles. The van der Waals surface area contributed by atoms with Gasteiger partial charge in [0.25, 0.3) is 5.91 Å². The number of allylic oxidation sites excluding steroid dienone is 1. The Morgan fingerprint density at radius 2 is 1.79 bits per heavy atom. The fraction of sp³-hybridized carbons (Fsp3) is 0.333. The molecular weight excluding hydrogens is 240 g/mol. The van der Waals surface area contributed by atoms with Gasteiger partial charge in [-0.3, -0.25) is 9.59 Å². The summed E-state index contributed by atoms with van der Waals surface area (Å²) >= 11 is 0. The van der Waals surface area contributed by atoms with Crippen LogP contribution >= 0.6 is 0 Å². The van der Waals surface area contributed by atoms with Crippen molar-refractivity contribution in [2.24, 2.45) is 0 Å². The second-order valence-electron chi connectivity index (χ2n) is 4.54. The zero-order valence-corrected chi connectivity index (χ0v) is 11.6. The molecule has 0 unspecified atom stereocenters. The van der Waals surface area contributed by atoms with E-state index in [0.29, 0.717) is 17.8 Å². The molecule has 0 heterocycles. The lowest BCUT2D eigenvalue weighted by atomic mass is 10.2. The van der Waals surface area contributed by atoms with E-state index in [1.165, 1.54) is 6.08 Å². The maximum Gasteiger partial charge on any atom is 0.251 e. The molecule has 0 aromatic heterocycles. The largest absolute Gasteiger partial charge is 0.352 e. The lowest BCUT2D eigenvalue weighted by Gasteiger charge is -2.06. The van der Waals surface area contributed by atoms with Crippen molar-refractivity contribution >= 4 is 17.5 Å². The van der Waals surface area contributed by atoms with Gasteiger partial charge < -0.3 is 10.6 Å². The molecule has 1 rings (SSSR count). The molecule has 0 fully saturated rings. The fourth-order valence-electron chi connectivity index (χ4n) is 1.49. The highest BCUT2D eigenvalue weighted by atomic mass is 16.2. The number of nitrogens with one attached hydrogen (secondary N) is 2. The van der Waals surface area contributed by atoms with Gasteiger partial charge in [-0.05, 0) is 44.5 Å². The lowest BCUT2D eigenvalue weighted by Crippen LogP contribution is -2.23. The Morgan fingerprint density at radius 1 is 1.16 bits per heavy atom. The first-order chi connectivity index (χ1) is 9.02. The van der Waals surface area contributed by atoms with Gasteiger partial charge in [0, 0.05) is 23.9 Å². The maximum absolute atomic E-state index is 11.7. The van der Waals surface area contributed by atoms with E-state index in [9.17, 15) is 9.59 Å². The van der Waals surface area contributed by atoms with E-state index >= 15 is 0 Å². The number of rotatable bonds is 5. The summed E-state index contributed by atoms with van der Waals surface area (Å²) in [7, 11) is 0. The maximum atomic E-state index is 11.7. The normalized spacial score (nSPS) is 9.63. The van der Waals surface area contributed by atoms with Gasteiger partial charge in [-0.15, -0.1) is 0 Å². The van der Waals surface area contributed by atoms with Gasteiger partial charge in [0.05, 0.1) is 0 Å². The molecule has 2 N–H and O–H groups in total. The zero-order chi connectivity index (χ0) is 14.3. The minimum Gasteiger partial charge on any atom is -0.352 e. The van der Waals surface area contributed by atoms with E-state index in [4.69, 9.17) is 0 Å². The van der Waals surface area contributed by atoms with Gasteiger partial charge in [-0.2, -0.15) is 0 Å². The van der Waals surface area contributed by atoms with E-state index in [1.54, 1.807) is 24.3 Å². The van der Waals surface area contributed by atoms with E-state index in [-0.39, 0.29) is 11.8 Å². The van der Waals surface area contributed by atoms with Crippen molar-refractivity contribution in [2.75, 3.05) is 11.9 Å². The Bertz CT molecular complexity index is 471. The SMILES string of the molecule is CCCNC(=O)c1ccc(NC(=O)C=C(C)C)cc1. The highest BCUT2D eigenvalue weighted by molar-refractivity contribution is 6.00. The Labute approximate surface area is 113 Å². The van der Waals surface area contributed by atoms with E-state index in [2.05, 4.69) is 10.6 Å². The minimum atomic E-state index is -0.164. The van der Waals surface area contributed by atoms with Crippen LogP contribution in [0.5, 0.6) is 0 Å². The third-order valence-corrected chi connectivity index (χ3v) is 2.37. The van der Waals surface area contributed by atoms with Crippen LogP contribution in [0.4, 0.5) is 5.69 Å².